The highest BCUT2D eigenvalue weighted by Gasteiger charge is 2.14. The van der Waals surface area contributed by atoms with E-state index < -0.39 is 0 Å². The molecule has 1 heterocycles. The Morgan fingerprint density at radius 2 is 1.88 bits per heavy atom. The van der Waals surface area contributed by atoms with E-state index in [0.29, 0.717) is 17.8 Å². The van der Waals surface area contributed by atoms with E-state index in [2.05, 4.69) is 27.5 Å². The average Bonchev–Trinajstić information content (AvgIpc) is 3.03. The Kier molecular flexibility index (Phi) is 4.84. The molecule has 0 aliphatic heterocycles. The number of fused-ring (bicyclic) bond motifs is 1. The minimum Gasteiger partial charge on any atom is -0.349 e. The van der Waals surface area contributed by atoms with Gasteiger partial charge in [0.2, 0.25) is 5.91 Å². The van der Waals surface area contributed by atoms with E-state index in [4.69, 9.17) is 0 Å². The van der Waals surface area contributed by atoms with Gasteiger partial charge >= 0.3 is 0 Å². The van der Waals surface area contributed by atoms with Crippen LogP contribution in [0.1, 0.15) is 10.4 Å². The summed E-state index contributed by atoms with van der Waals surface area (Å²) >= 11 is 0. The lowest BCUT2D eigenvalue weighted by atomic mass is 10.1. The van der Waals surface area contributed by atoms with Crippen LogP contribution in [-0.2, 0) is 11.3 Å². The summed E-state index contributed by atoms with van der Waals surface area (Å²) in [5.41, 5.74) is 2.33. The van der Waals surface area contributed by atoms with Crippen LogP contribution in [0.25, 0.3) is 11.0 Å². The van der Waals surface area contributed by atoms with E-state index in [9.17, 15) is 9.59 Å². The van der Waals surface area contributed by atoms with E-state index in [1.807, 2.05) is 24.3 Å². The van der Waals surface area contributed by atoms with Crippen LogP contribution in [0.15, 0.2) is 61.2 Å². The summed E-state index contributed by atoms with van der Waals surface area (Å²) in [6.07, 6.45) is 1.59. The molecule has 3 aromatic rings. The zero-order valence-corrected chi connectivity index (χ0v) is 13.5. The van der Waals surface area contributed by atoms with Crippen LogP contribution in [0.3, 0.4) is 0 Å². The van der Waals surface area contributed by atoms with Gasteiger partial charge in [-0.05, 0) is 24.3 Å². The molecule has 25 heavy (non-hydrogen) atoms. The minimum atomic E-state index is -0.292. The summed E-state index contributed by atoms with van der Waals surface area (Å²) in [5.74, 6) is -0.568. The minimum absolute atomic E-state index is 0.00310. The highest BCUT2D eigenvalue weighted by atomic mass is 16.2. The molecule has 0 saturated heterocycles. The zero-order chi connectivity index (χ0) is 17.6. The van der Waals surface area contributed by atoms with Gasteiger partial charge in [0.15, 0.2) is 0 Å². The van der Waals surface area contributed by atoms with Crippen LogP contribution in [0.2, 0.25) is 0 Å². The van der Waals surface area contributed by atoms with Crippen LogP contribution >= 0.6 is 0 Å². The fourth-order valence-electron chi connectivity index (χ4n) is 2.41. The summed E-state index contributed by atoms with van der Waals surface area (Å²) in [6, 6.07) is 14.2. The molecule has 0 spiro atoms. The normalized spacial score (nSPS) is 10.4. The van der Waals surface area contributed by atoms with Crippen LogP contribution in [0, 0.1) is 0 Å². The van der Waals surface area contributed by atoms with Crippen molar-refractivity contribution in [3.63, 3.8) is 0 Å². The number of carbonyl (C=O) groups is 2. The second-order valence-corrected chi connectivity index (χ2v) is 5.33. The number of nitrogens with one attached hydrogen (secondary N) is 2. The Hall–Kier alpha value is -3.48. The van der Waals surface area contributed by atoms with Crippen molar-refractivity contribution in [2.24, 2.45) is 0 Å². The molecule has 2 N–H and O–H groups in total. The van der Waals surface area contributed by atoms with Gasteiger partial charge in [0.1, 0.15) is 12.1 Å². The van der Waals surface area contributed by atoms with Crippen molar-refractivity contribution < 1.29 is 9.59 Å². The molecule has 0 radical (unpaired) electrons. The van der Waals surface area contributed by atoms with E-state index in [1.165, 1.54) is 4.68 Å². The molecule has 7 heteroatoms. The van der Waals surface area contributed by atoms with Crippen molar-refractivity contribution in [1.82, 2.24) is 20.3 Å². The molecule has 126 valence electrons. The fraction of sp³-hybridized carbons (Fsp3) is 0.111. The molecular weight excluding hydrogens is 318 g/mol. The molecule has 1 aromatic heterocycles. The van der Waals surface area contributed by atoms with Gasteiger partial charge in [-0.25, -0.2) is 4.68 Å². The van der Waals surface area contributed by atoms with Crippen molar-refractivity contribution in [3.05, 3.63) is 66.7 Å². The number of nitrogens with zero attached hydrogens (tertiary/aromatic N) is 3. The number of hydrogen-bond donors (Lipinski definition) is 2. The van der Waals surface area contributed by atoms with Gasteiger partial charge in [0.05, 0.1) is 16.8 Å². The Labute approximate surface area is 144 Å². The fourth-order valence-corrected chi connectivity index (χ4v) is 2.41. The Morgan fingerprint density at radius 1 is 1.12 bits per heavy atom. The number of amides is 2. The molecule has 3 rings (SSSR count). The number of benzene rings is 2. The molecule has 2 aromatic carbocycles. The lowest BCUT2D eigenvalue weighted by Crippen LogP contribution is -2.26. The maximum atomic E-state index is 12.4. The third kappa shape index (κ3) is 3.72. The molecule has 7 nitrogen and oxygen atoms in total. The first-order valence-electron chi connectivity index (χ1n) is 7.75. The lowest BCUT2D eigenvalue weighted by Gasteiger charge is -2.11. The van der Waals surface area contributed by atoms with Gasteiger partial charge < -0.3 is 10.6 Å². The molecule has 0 bridgehead atoms. The van der Waals surface area contributed by atoms with Crippen molar-refractivity contribution in [2.45, 2.75) is 6.54 Å². The van der Waals surface area contributed by atoms with Crippen LogP contribution in [0.5, 0.6) is 0 Å². The summed E-state index contributed by atoms with van der Waals surface area (Å²) in [4.78, 5) is 24.5. The third-order valence-electron chi connectivity index (χ3n) is 3.57. The predicted molar refractivity (Wildman–Crippen MR) is 95.1 cm³/mol. The molecule has 0 aliphatic carbocycles. The van der Waals surface area contributed by atoms with Crippen LogP contribution in [-0.4, -0.2) is 33.4 Å². The summed E-state index contributed by atoms with van der Waals surface area (Å²) in [7, 11) is 0. The predicted octanol–water partition coefficient (Wildman–Crippen LogP) is 1.99. The Balaban J connectivity index is 1.75. The van der Waals surface area contributed by atoms with E-state index in [1.54, 1.807) is 30.3 Å². The summed E-state index contributed by atoms with van der Waals surface area (Å²) in [5, 5.41) is 13.5. The monoisotopic (exact) mass is 335 g/mol. The average molecular weight is 335 g/mol. The quantitative estimate of drug-likeness (QED) is 0.674. The third-order valence-corrected chi connectivity index (χ3v) is 3.57. The smallest absolute Gasteiger partial charge is 0.253 e. The number of anilines is 1. The summed E-state index contributed by atoms with van der Waals surface area (Å²) < 4.78 is 1.52. The number of para-hydroxylation sites is 2. The topological polar surface area (TPSA) is 88.9 Å². The SMILES string of the molecule is C=CCNC(=O)c1ccccc1NC(=O)Cn1nnc2ccccc21. The highest BCUT2D eigenvalue weighted by Crippen LogP contribution is 2.15. The highest BCUT2D eigenvalue weighted by molar-refractivity contribution is 6.03. The van der Waals surface area contributed by atoms with E-state index in [-0.39, 0.29) is 18.4 Å². The van der Waals surface area contributed by atoms with Crippen molar-refractivity contribution >= 4 is 28.5 Å². The second-order valence-electron chi connectivity index (χ2n) is 5.33. The maximum Gasteiger partial charge on any atom is 0.253 e. The van der Waals surface area contributed by atoms with Crippen molar-refractivity contribution in [2.75, 3.05) is 11.9 Å². The van der Waals surface area contributed by atoms with Gasteiger partial charge in [0.25, 0.3) is 5.91 Å². The van der Waals surface area contributed by atoms with Crippen LogP contribution in [0.4, 0.5) is 5.69 Å². The number of hydrogen-bond acceptors (Lipinski definition) is 4. The number of rotatable bonds is 6. The van der Waals surface area contributed by atoms with Gasteiger partial charge in [-0.2, -0.15) is 0 Å². The first kappa shape index (κ1) is 16.4. The molecule has 2 amide bonds. The van der Waals surface area contributed by atoms with Crippen molar-refractivity contribution in [3.8, 4) is 0 Å². The van der Waals surface area contributed by atoms with Crippen molar-refractivity contribution in [1.29, 1.82) is 0 Å². The molecule has 0 fully saturated rings. The molecule has 0 saturated carbocycles. The molecule has 0 atom stereocenters. The largest absolute Gasteiger partial charge is 0.349 e. The lowest BCUT2D eigenvalue weighted by molar-refractivity contribution is -0.116. The number of carbonyl (C=O) groups excluding carboxylic acids is 2. The number of aromatic nitrogens is 3. The molecule has 0 aliphatic rings. The van der Waals surface area contributed by atoms with Gasteiger partial charge in [-0.3, -0.25) is 9.59 Å². The summed E-state index contributed by atoms with van der Waals surface area (Å²) in [6.45, 7) is 3.92. The first-order valence-corrected chi connectivity index (χ1v) is 7.75. The molecule has 0 unspecified atom stereocenters. The molecular formula is C18H17N5O2. The van der Waals surface area contributed by atoms with Gasteiger partial charge in [-0.15, -0.1) is 11.7 Å². The van der Waals surface area contributed by atoms with Gasteiger partial charge in [0, 0.05) is 6.54 Å². The Bertz CT molecular complexity index is 932. The second kappa shape index (κ2) is 7.39. The van der Waals surface area contributed by atoms with Crippen LogP contribution < -0.4 is 10.6 Å². The standard InChI is InChI=1S/C18H17N5O2/c1-2-11-19-18(25)13-7-3-4-8-14(13)20-17(24)12-23-16-10-6-5-9-15(16)21-22-23/h2-10H,1,11-12H2,(H,19,25)(H,20,24). The Morgan fingerprint density at radius 3 is 2.72 bits per heavy atom. The maximum absolute atomic E-state index is 12.4. The van der Waals surface area contributed by atoms with E-state index in [0.717, 1.165) is 11.0 Å². The van der Waals surface area contributed by atoms with Gasteiger partial charge in [-0.1, -0.05) is 35.6 Å². The zero-order valence-electron chi connectivity index (χ0n) is 13.5. The van der Waals surface area contributed by atoms with E-state index >= 15 is 0 Å². The first-order chi connectivity index (χ1) is 12.2.